The molecule has 2 aromatic rings. The summed E-state index contributed by atoms with van der Waals surface area (Å²) in [5.74, 6) is 0.494. The molecule has 8 nitrogen and oxygen atoms in total. The highest BCUT2D eigenvalue weighted by Gasteiger charge is 2.13. The summed E-state index contributed by atoms with van der Waals surface area (Å²) in [5.41, 5.74) is 0.362. The Morgan fingerprint density at radius 1 is 1.42 bits per heavy atom. The fraction of sp³-hybridized carbons (Fsp3) is 0.357. The van der Waals surface area contributed by atoms with Crippen molar-refractivity contribution in [1.82, 2.24) is 25.5 Å². The zero-order chi connectivity index (χ0) is 17.5. The first-order valence-electron chi connectivity index (χ1n) is 7.36. The second kappa shape index (κ2) is 8.55. The summed E-state index contributed by atoms with van der Waals surface area (Å²) in [6, 6.07) is 4.76. The van der Waals surface area contributed by atoms with Gasteiger partial charge in [0.1, 0.15) is 5.75 Å². The van der Waals surface area contributed by atoms with Gasteiger partial charge in [0.15, 0.2) is 5.11 Å². The van der Waals surface area contributed by atoms with Gasteiger partial charge in [-0.1, -0.05) is 23.6 Å². The van der Waals surface area contributed by atoms with E-state index in [0.717, 1.165) is 6.42 Å². The monoisotopic (exact) mass is 368 g/mol. The number of rotatable bonds is 6. The quantitative estimate of drug-likeness (QED) is 0.755. The minimum atomic E-state index is -0.396. The Morgan fingerprint density at radius 2 is 2.21 bits per heavy atom. The van der Waals surface area contributed by atoms with E-state index in [2.05, 4.69) is 26.2 Å². The van der Waals surface area contributed by atoms with Crippen LogP contribution in [0.1, 0.15) is 30.6 Å². The van der Waals surface area contributed by atoms with Gasteiger partial charge in [-0.15, -0.1) is 0 Å². The first-order chi connectivity index (χ1) is 11.5. The van der Waals surface area contributed by atoms with Crippen molar-refractivity contribution in [1.29, 1.82) is 0 Å². The van der Waals surface area contributed by atoms with E-state index in [-0.39, 0.29) is 5.11 Å². The predicted molar refractivity (Wildman–Crippen MR) is 94.4 cm³/mol. The van der Waals surface area contributed by atoms with Crippen molar-refractivity contribution in [3.8, 4) is 5.75 Å². The van der Waals surface area contributed by atoms with E-state index < -0.39 is 5.91 Å². The number of aromatic nitrogens is 4. The van der Waals surface area contributed by atoms with Crippen molar-refractivity contribution >= 4 is 40.8 Å². The van der Waals surface area contributed by atoms with Crippen molar-refractivity contribution in [2.45, 2.75) is 26.8 Å². The van der Waals surface area contributed by atoms with Crippen LogP contribution in [0.5, 0.6) is 5.75 Å². The number of carbonyl (C=O) groups excluding carboxylic acids is 1. The van der Waals surface area contributed by atoms with Gasteiger partial charge in [0, 0.05) is 12.1 Å². The molecule has 0 radical (unpaired) electrons. The number of nitrogens with one attached hydrogen (secondary N) is 2. The van der Waals surface area contributed by atoms with E-state index in [0.29, 0.717) is 35.4 Å². The van der Waals surface area contributed by atoms with E-state index in [9.17, 15) is 4.79 Å². The predicted octanol–water partition coefficient (Wildman–Crippen LogP) is 2.26. The van der Waals surface area contributed by atoms with Gasteiger partial charge in [0.2, 0.25) is 5.95 Å². The molecule has 0 saturated carbocycles. The molecule has 0 unspecified atom stereocenters. The number of halogens is 1. The molecule has 10 heteroatoms. The summed E-state index contributed by atoms with van der Waals surface area (Å²) in [5, 5.41) is 17.0. The Balaban J connectivity index is 1.99. The fourth-order valence-corrected chi connectivity index (χ4v) is 2.30. The molecule has 1 aromatic carbocycles. The summed E-state index contributed by atoms with van der Waals surface area (Å²) in [4.78, 5) is 12.2. The number of tetrazole rings is 1. The third-order valence-corrected chi connectivity index (χ3v) is 3.41. The molecule has 0 aliphatic carbocycles. The SMILES string of the molecule is CCCn1nnnc1NC(=S)NC(=O)c1ccc(OCC)c(Cl)c1. The molecule has 0 bridgehead atoms. The van der Waals surface area contributed by atoms with Crippen molar-refractivity contribution in [2.24, 2.45) is 0 Å². The molecule has 1 aromatic heterocycles. The largest absolute Gasteiger partial charge is 0.492 e. The van der Waals surface area contributed by atoms with Crippen molar-refractivity contribution in [2.75, 3.05) is 11.9 Å². The molecular formula is C14H17ClN6O2S. The third-order valence-electron chi connectivity index (χ3n) is 2.91. The Bertz CT molecular complexity index is 736. The summed E-state index contributed by atoms with van der Waals surface area (Å²) >= 11 is 11.2. The number of hydrogen-bond donors (Lipinski definition) is 2. The number of thiocarbonyl (C=S) groups is 1. The van der Waals surface area contributed by atoms with E-state index in [1.54, 1.807) is 16.8 Å². The number of nitrogens with zero attached hydrogens (tertiary/aromatic N) is 4. The Morgan fingerprint density at radius 3 is 2.88 bits per heavy atom. The molecule has 0 spiro atoms. The molecule has 1 amide bonds. The molecule has 24 heavy (non-hydrogen) atoms. The normalized spacial score (nSPS) is 10.3. The average molecular weight is 369 g/mol. The van der Waals surface area contributed by atoms with E-state index in [1.165, 1.54) is 6.07 Å². The van der Waals surface area contributed by atoms with Crippen LogP contribution in [-0.4, -0.2) is 37.8 Å². The highest BCUT2D eigenvalue weighted by Crippen LogP contribution is 2.25. The lowest BCUT2D eigenvalue weighted by molar-refractivity contribution is 0.0977. The number of benzene rings is 1. The number of ether oxygens (including phenoxy) is 1. The molecule has 0 saturated heterocycles. The maximum atomic E-state index is 12.2. The number of anilines is 1. The number of amides is 1. The van der Waals surface area contributed by atoms with Crippen LogP contribution in [0.2, 0.25) is 5.02 Å². The van der Waals surface area contributed by atoms with Crippen LogP contribution in [-0.2, 0) is 6.54 Å². The van der Waals surface area contributed by atoms with Crippen LogP contribution < -0.4 is 15.4 Å². The fourth-order valence-electron chi connectivity index (χ4n) is 1.88. The van der Waals surface area contributed by atoms with Gasteiger partial charge in [-0.05, 0) is 54.2 Å². The lowest BCUT2D eigenvalue weighted by Crippen LogP contribution is -2.35. The van der Waals surface area contributed by atoms with Crippen LogP contribution in [0.25, 0.3) is 0 Å². The molecule has 0 aliphatic rings. The molecule has 1 heterocycles. The minimum absolute atomic E-state index is 0.0946. The van der Waals surface area contributed by atoms with Crippen molar-refractivity contribution < 1.29 is 9.53 Å². The van der Waals surface area contributed by atoms with Gasteiger partial charge in [-0.25, -0.2) is 4.68 Å². The highest BCUT2D eigenvalue weighted by atomic mass is 35.5. The Labute approximate surface area is 149 Å². The first-order valence-corrected chi connectivity index (χ1v) is 8.14. The highest BCUT2D eigenvalue weighted by molar-refractivity contribution is 7.80. The van der Waals surface area contributed by atoms with Crippen LogP contribution in [0, 0.1) is 0 Å². The summed E-state index contributed by atoms with van der Waals surface area (Å²) in [7, 11) is 0. The zero-order valence-corrected chi connectivity index (χ0v) is 14.8. The number of hydrogen-bond acceptors (Lipinski definition) is 6. The molecule has 128 valence electrons. The standard InChI is InChI=1S/C14H17ClN6O2S/c1-3-7-21-13(18-19-20-21)17-14(24)16-12(22)9-5-6-11(23-4-2)10(15)8-9/h5-6,8H,3-4,7H2,1-2H3,(H2,16,17,18,20,22,24). The molecule has 2 N–H and O–H groups in total. The summed E-state index contributed by atoms with van der Waals surface area (Å²) in [6.45, 7) is 4.99. The number of aryl methyl sites for hydroxylation is 1. The Kier molecular flexibility index (Phi) is 6.44. The zero-order valence-electron chi connectivity index (χ0n) is 13.2. The summed E-state index contributed by atoms with van der Waals surface area (Å²) in [6.07, 6.45) is 0.865. The Hall–Kier alpha value is -2.26. The maximum Gasteiger partial charge on any atom is 0.257 e. The van der Waals surface area contributed by atoms with E-state index in [1.807, 2.05) is 13.8 Å². The topological polar surface area (TPSA) is 94.0 Å². The number of carbonyl (C=O) groups is 1. The maximum absolute atomic E-state index is 12.2. The second-order valence-corrected chi connectivity index (χ2v) is 5.53. The van der Waals surface area contributed by atoms with Crippen LogP contribution in [0.4, 0.5) is 5.95 Å². The first kappa shape index (κ1) is 18.1. The van der Waals surface area contributed by atoms with E-state index in [4.69, 9.17) is 28.6 Å². The molecule has 0 atom stereocenters. The average Bonchev–Trinajstić information content (AvgIpc) is 2.96. The van der Waals surface area contributed by atoms with Gasteiger partial charge >= 0.3 is 0 Å². The van der Waals surface area contributed by atoms with Crippen LogP contribution >= 0.6 is 23.8 Å². The second-order valence-electron chi connectivity index (χ2n) is 4.71. The van der Waals surface area contributed by atoms with Gasteiger partial charge in [0.05, 0.1) is 11.6 Å². The van der Waals surface area contributed by atoms with Gasteiger partial charge in [-0.3, -0.25) is 15.4 Å². The van der Waals surface area contributed by atoms with Crippen LogP contribution in [0.3, 0.4) is 0 Å². The molecule has 2 rings (SSSR count). The smallest absolute Gasteiger partial charge is 0.257 e. The molecule has 0 fully saturated rings. The van der Waals surface area contributed by atoms with Crippen molar-refractivity contribution in [3.05, 3.63) is 28.8 Å². The van der Waals surface area contributed by atoms with Crippen LogP contribution in [0.15, 0.2) is 18.2 Å². The summed E-state index contributed by atoms with van der Waals surface area (Å²) < 4.78 is 6.89. The van der Waals surface area contributed by atoms with E-state index >= 15 is 0 Å². The van der Waals surface area contributed by atoms with Crippen molar-refractivity contribution in [3.63, 3.8) is 0 Å². The van der Waals surface area contributed by atoms with Gasteiger partial charge < -0.3 is 4.74 Å². The van der Waals surface area contributed by atoms with Gasteiger partial charge in [-0.2, -0.15) is 0 Å². The van der Waals surface area contributed by atoms with Gasteiger partial charge in [0.25, 0.3) is 5.91 Å². The lowest BCUT2D eigenvalue weighted by atomic mass is 10.2. The molecule has 0 aliphatic heterocycles. The lowest BCUT2D eigenvalue weighted by Gasteiger charge is -2.10. The third kappa shape index (κ3) is 4.62. The molecular weight excluding hydrogens is 352 g/mol. The minimum Gasteiger partial charge on any atom is -0.492 e.